The van der Waals surface area contributed by atoms with Crippen LogP contribution in [0.3, 0.4) is 0 Å². The quantitative estimate of drug-likeness (QED) is 0.168. The SMILES string of the molecule is CCc1ccc(-c2c(C(F)(F)F)cc3nc(C)n(CCOc4ccc(Cl)cc4-c4cc(C)nc5c(C(=O)O)csc45)c(=O)c3c2C#N)cn1. The molecule has 2 aromatic carbocycles. The minimum absolute atomic E-state index is 0.0507. The molecule has 0 atom stereocenters. The smallest absolute Gasteiger partial charge is 0.417 e. The molecule has 0 radical (unpaired) electrons. The summed E-state index contributed by atoms with van der Waals surface area (Å²) in [5, 5.41) is 21.5. The van der Waals surface area contributed by atoms with E-state index in [9.17, 15) is 33.1 Å². The Bertz CT molecular complexity index is 2400. The third-order valence-electron chi connectivity index (χ3n) is 8.02. The number of pyridine rings is 2. The largest absolute Gasteiger partial charge is 0.491 e. The summed E-state index contributed by atoms with van der Waals surface area (Å²) in [5.74, 6) is -0.587. The summed E-state index contributed by atoms with van der Waals surface area (Å²) in [6.45, 7) is 4.96. The molecule has 4 heterocycles. The number of thiophene rings is 1. The van der Waals surface area contributed by atoms with Gasteiger partial charge in [-0.15, -0.1) is 11.3 Å². The summed E-state index contributed by atoms with van der Waals surface area (Å²) in [7, 11) is 0. The Morgan fingerprint density at radius 3 is 2.55 bits per heavy atom. The molecule has 0 fully saturated rings. The number of aromatic carboxylic acids is 1. The van der Waals surface area contributed by atoms with Crippen molar-refractivity contribution in [3.05, 3.63) is 103 Å². The second-order valence-electron chi connectivity index (χ2n) is 11.1. The molecule has 0 aliphatic rings. The van der Waals surface area contributed by atoms with E-state index in [1.165, 1.54) is 40.5 Å². The van der Waals surface area contributed by atoms with Crippen molar-refractivity contribution in [1.29, 1.82) is 5.26 Å². The second kappa shape index (κ2) is 12.9. The number of carboxylic acid groups (broad SMARTS) is 1. The van der Waals surface area contributed by atoms with Crippen molar-refractivity contribution in [1.82, 2.24) is 19.5 Å². The number of ether oxygens (including phenoxy) is 1. The van der Waals surface area contributed by atoms with E-state index in [4.69, 9.17) is 16.3 Å². The highest BCUT2D eigenvalue weighted by Crippen LogP contribution is 2.42. The molecule has 0 bridgehead atoms. The predicted octanol–water partition coefficient (Wildman–Crippen LogP) is 8.24. The van der Waals surface area contributed by atoms with Crippen LogP contribution in [0.2, 0.25) is 5.02 Å². The van der Waals surface area contributed by atoms with E-state index in [0.29, 0.717) is 49.9 Å². The Morgan fingerprint density at radius 2 is 1.90 bits per heavy atom. The standard InChI is InChI=1S/C35H25ClF3N5O4S/c1-4-21-7-5-19(15-41-21)29-24(14-40)30-27(13-26(29)35(37,38)39)43-18(3)44(33(30)45)9-10-48-28-8-6-20(36)12-22(28)23-11-17(2)42-31-25(34(46)47)16-49-32(23)31/h5-8,11-13,15-16H,4,9-10H2,1-3H3,(H,46,47). The maximum atomic E-state index is 14.4. The number of aromatic nitrogens is 4. The number of halogens is 4. The lowest BCUT2D eigenvalue weighted by atomic mass is 9.92. The number of benzene rings is 2. The van der Waals surface area contributed by atoms with Crippen LogP contribution in [0.1, 0.15) is 45.6 Å². The zero-order chi connectivity index (χ0) is 35.2. The molecule has 0 amide bonds. The highest BCUT2D eigenvalue weighted by molar-refractivity contribution is 7.18. The summed E-state index contributed by atoms with van der Waals surface area (Å²) in [4.78, 5) is 38.7. The van der Waals surface area contributed by atoms with Crippen molar-refractivity contribution in [3.63, 3.8) is 0 Å². The Kier molecular flexibility index (Phi) is 8.87. The molecule has 14 heteroatoms. The minimum Gasteiger partial charge on any atom is -0.491 e. The monoisotopic (exact) mass is 703 g/mol. The fraction of sp³-hybridized carbons (Fsp3) is 0.200. The Balaban J connectivity index is 1.41. The van der Waals surface area contributed by atoms with Gasteiger partial charge in [0.25, 0.3) is 5.56 Å². The van der Waals surface area contributed by atoms with Crippen LogP contribution in [0.5, 0.6) is 5.75 Å². The Hall–Kier alpha value is -5.32. The summed E-state index contributed by atoms with van der Waals surface area (Å²) < 4.78 is 51.1. The number of carboxylic acids is 1. The van der Waals surface area contributed by atoms with Gasteiger partial charge < -0.3 is 9.84 Å². The molecular weight excluding hydrogens is 679 g/mol. The number of carbonyl (C=O) groups is 1. The van der Waals surface area contributed by atoms with Crippen molar-refractivity contribution in [2.75, 3.05) is 6.61 Å². The van der Waals surface area contributed by atoms with E-state index in [2.05, 4.69) is 15.0 Å². The van der Waals surface area contributed by atoms with Crippen molar-refractivity contribution in [3.8, 4) is 34.1 Å². The fourth-order valence-electron chi connectivity index (χ4n) is 5.74. The van der Waals surface area contributed by atoms with E-state index in [0.717, 1.165) is 6.07 Å². The number of hydrogen-bond acceptors (Lipinski definition) is 8. The lowest BCUT2D eigenvalue weighted by Gasteiger charge is -2.18. The van der Waals surface area contributed by atoms with Crippen molar-refractivity contribution in [2.24, 2.45) is 0 Å². The third-order valence-corrected chi connectivity index (χ3v) is 9.25. The first kappa shape index (κ1) is 33.6. The number of alkyl halides is 3. The Morgan fingerprint density at radius 1 is 1.12 bits per heavy atom. The van der Waals surface area contributed by atoms with Crippen LogP contribution in [-0.4, -0.2) is 37.2 Å². The lowest BCUT2D eigenvalue weighted by molar-refractivity contribution is -0.137. The van der Waals surface area contributed by atoms with Gasteiger partial charge in [0.1, 0.15) is 24.3 Å². The normalized spacial score (nSPS) is 11.6. The molecule has 248 valence electrons. The number of fused-ring (bicyclic) bond motifs is 2. The van der Waals surface area contributed by atoms with Gasteiger partial charge in [0, 0.05) is 50.2 Å². The summed E-state index contributed by atoms with van der Waals surface area (Å²) in [6.07, 6.45) is -3.01. The number of nitrogens with zero attached hydrogens (tertiary/aromatic N) is 5. The first-order valence-corrected chi connectivity index (χ1v) is 16.1. The van der Waals surface area contributed by atoms with Crippen LogP contribution in [0, 0.1) is 25.2 Å². The minimum atomic E-state index is -4.84. The zero-order valence-corrected chi connectivity index (χ0v) is 27.7. The lowest BCUT2D eigenvalue weighted by Crippen LogP contribution is -2.27. The number of aryl methyl sites for hydroxylation is 3. The summed E-state index contributed by atoms with van der Waals surface area (Å²) >= 11 is 7.59. The molecule has 0 saturated heterocycles. The van der Waals surface area contributed by atoms with Crippen LogP contribution in [0.4, 0.5) is 13.2 Å². The molecule has 0 unspecified atom stereocenters. The van der Waals surface area contributed by atoms with Gasteiger partial charge in [0.05, 0.1) is 44.4 Å². The summed E-state index contributed by atoms with van der Waals surface area (Å²) in [6, 6.07) is 12.4. The van der Waals surface area contributed by atoms with Gasteiger partial charge in [-0.05, 0) is 56.7 Å². The molecule has 49 heavy (non-hydrogen) atoms. The molecule has 6 aromatic rings. The van der Waals surface area contributed by atoms with Crippen LogP contribution in [0.15, 0.2) is 58.8 Å². The van der Waals surface area contributed by atoms with E-state index < -0.39 is 34.4 Å². The second-order valence-corrected chi connectivity index (χ2v) is 12.4. The molecule has 9 nitrogen and oxygen atoms in total. The third kappa shape index (κ3) is 6.21. The van der Waals surface area contributed by atoms with Gasteiger partial charge in [-0.2, -0.15) is 18.4 Å². The number of rotatable bonds is 8. The van der Waals surface area contributed by atoms with E-state index >= 15 is 0 Å². The summed E-state index contributed by atoms with van der Waals surface area (Å²) in [5.41, 5.74) is 0.00300. The maximum Gasteiger partial charge on any atom is 0.417 e. The molecule has 0 aliphatic heterocycles. The highest BCUT2D eigenvalue weighted by atomic mass is 35.5. The Labute approximate surface area is 285 Å². The fourth-order valence-corrected chi connectivity index (χ4v) is 6.93. The molecular formula is C35H25ClF3N5O4S. The van der Waals surface area contributed by atoms with E-state index in [1.807, 2.05) is 13.0 Å². The molecule has 0 spiro atoms. The average molecular weight is 704 g/mol. The van der Waals surface area contributed by atoms with Crippen LogP contribution in [-0.2, 0) is 19.1 Å². The highest BCUT2D eigenvalue weighted by Gasteiger charge is 2.37. The molecule has 0 saturated carbocycles. The molecule has 0 aliphatic carbocycles. The first-order chi connectivity index (χ1) is 23.3. The molecule has 4 aromatic heterocycles. The number of hydrogen-bond donors (Lipinski definition) is 1. The van der Waals surface area contributed by atoms with Crippen molar-refractivity contribution >= 4 is 50.0 Å². The van der Waals surface area contributed by atoms with Crippen molar-refractivity contribution in [2.45, 2.75) is 39.9 Å². The topological polar surface area (TPSA) is 131 Å². The molecule has 1 N–H and O–H groups in total. The van der Waals surface area contributed by atoms with Crippen LogP contribution < -0.4 is 10.3 Å². The maximum absolute atomic E-state index is 14.4. The van der Waals surface area contributed by atoms with Gasteiger partial charge in [0.2, 0.25) is 0 Å². The van der Waals surface area contributed by atoms with Crippen molar-refractivity contribution < 1.29 is 27.8 Å². The van der Waals surface area contributed by atoms with E-state index in [1.54, 1.807) is 37.3 Å². The van der Waals surface area contributed by atoms with Gasteiger partial charge in [0.15, 0.2) is 0 Å². The van der Waals surface area contributed by atoms with Gasteiger partial charge in [-0.3, -0.25) is 19.3 Å². The average Bonchev–Trinajstić information content (AvgIpc) is 3.49. The zero-order valence-electron chi connectivity index (χ0n) is 26.1. The first-order valence-electron chi connectivity index (χ1n) is 14.9. The van der Waals surface area contributed by atoms with Gasteiger partial charge >= 0.3 is 12.1 Å². The molecule has 6 rings (SSSR count). The van der Waals surface area contributed by atoms with Crippen LogP contribution in [0.25, 0.3) is 43.4 Å². The van der Waals surface area contributed by atoms with Crippen LogP contribution >= 0.6 is 22.9 Å². The van der Waals surface area contributed by atoms with Gasteiger partial charge in [-0.1, -0.05) is 24.6 Å². The predicted molar refractivity (Wildman–Crippen MR) is 180 cm³/mol. The van der Waals surface area contributed by atoms with E-state index in [-0.39, 0.29) is 41.0 Å². The number of nitriles is 1. The van der Waals surface area contributed by atoms with Gasteiger partial charge in [-0.25, -0.2) is 9.78 Å².